The molecule has 1 aliphatic rings. The van der Waals surface area contributed by atoms with E-state index in [2.05, 4.69) is 5.32 Å². The first-order valence-corrected chi connectivity index (χ1v) is 5.11. The van der Waals surface area contributed by atoms with Crippen LogP contribution in [-0.2, 0) is 9.53 Å². The van der Waals surface area contributed by atoms with Crippen LogP contribution in [0.4, 0.5) is 0 Å². The lowest BCUT2D eigenvalue weighted by Gasteiger charge is -2.40. The number of nitrogens with one attached hydrogen (secondary N) is 1. The third kappa shape index (κ3) is 2.69. The van der Waals surface area contributed by atoms with Gasteiger partial charge in [0.25, 0.3) is 0 Å². The van der Waals surface area contributed by atoms with Crippen molar-refractivity contribution >= 4 is 5.91 Å². The van der Waals surface area contributed by atoms with E-state index in [0.29, 0.717) is 0 Å². The van der Waals surface area contributed by atoms with Crippen LogP contribution in [0.25, 0.3) is 0 Å². The fourth-order valence-corrected chi connectivity index (χ4v) is 1.54. The summed E-state index contributed by atoms with van der Waals surface area (Å²) < 4.78 is 4.86. The molecule has 1 fully saturated rings. The molecule has 94 valence electrons. The molecule has 0 unspecified atom stereocenters. The average Bonchev–Trinajstić information content (AvgIpc) is 2.28. The van der Waals surface area contributed by atoms with Crippen LogP contribution in [0.15, 0.2) is 0 Å². The summed E-state index contributed by atoms with van der Waals surface area (Å²) in [5.41, 5.74) is 0. The van der Waals surface area contributed by atoms with Crippen molar-refractivity contribution in [3.63, 3.8) is 0 Å². The molecular weight excluding hydrogens is 218 g/mol. The monoisotopic (exact) mass is 235 g/mol. The largest absolute Gasteiger partial charge is 0.394 e. The number of carbonyl (C=O) groups is 1. The first kappa shape index (κ1) is 13.3. The second-order valence-corrected chi connectivity index (χ2v) is 3.68. The minimum Gasteiger partial charge on any atom is -0.394 e. The molecule has 16 heavy (non-hydrogen) atoms. The molecule has 0 radical (unpaired) electrons. The van der Waals surface area contributed by atoms with Crippen LogP contribution in [-0.4, -0.2) is 63.6 Å². The molecule has 0 aromatic rings. The molecule has 0 bridgehead atoms. The third-order valence-electron chi connectivity index (χ3n) is 2.55. The van der Waals surface area contributed by atoms with Gasteiger partial charge in [-0.1, -0.05) is 6.92 Å². The maximum Gasteiger partial charge on any atom is 0.220 e. The fourth-order valence-electron chi connectivity index (χ4n) is 1.54. The highest BCUT2D eigenvalue weighted by Gasteiger charge is 2.44. The highest BCUT2D eigenvalue weighted by molar-refractivity contribution is 5.76. The number of hydrogen-bond donors (Lipinski definition) is 5. The Morgan fingerprint density at radius 3 is 2.44 bits per heavy atom. The van der Waals surface area contributed by atoms with E-state index in [1.165, 1.54) is 0 Å². The van der Waals surface area contributed by atoms with Gasteiger partial charge >= 0.3 is 0 Å². The standard InChI is InChI=1S/C9H17NO6/c1-2-5(12)10-6-8(14)7(13)4(3-11)16-9(6)15/h4,6-9,11,13-15H,2-3H2,1H3,(H,10,12)/t4-,6-,7+,8-,9+/m1/s1. The van der Waals surface area contributed by atoms with Crippen molar-refractivity contribution in [1.29, 1.82) is 0 Å². The van der Waals surface area contributed by atoms with Gasteiger partial charge in [-0.25, -0.2) is 0 Å². The lowest BCUT2D eigenvalue weighted by molar-refractivity contribution is -0.253. The van der Waals surface area contributed by atoms with Crippen LogP contribution < -0.4 is 5.32 Å². The molecule has 1 saturated heterocycles. The Hall–Kier alpha value is -0.730. The van der Waals surface area contributed by atoms with Crippen LogP contribution in [0.2, 0.25) is 0 Å². The van der Waals surface area contributed by atoms with E-state index in [1.54, 1.807) is 6.92 Å². The SMILES string of the molecule is CCC(=O)N[C@@H]1[C@@H](O)[C@@H](O)[C@@H](CO)O[C@@H]1O. The first-order valence-electron chi connectivity index (χ1n) is 5.11. The summed E-state index contributed by atoms with van der Waals surface area (Å²) in [6, 6.07) is -1.09. The molecule has 5 N–H and O–H groups in total. The van der Waals surface area contributed by atoms with E-state index in [0.717, 1.165) is 0 Å². The van der Waals surface area contributed by atoms with Gasteiger partial charge in [-0.15, -0.1) is 0 Å². The van der Waals surface area contributed by atoms with E-state index in [1.807, 2.05) is 0 Å². The summed E-state index contributed by atoms with van der Waals surface area (Å²) in [4.78, 5) is 11.1. The zero-order valence-corrected chi connectivity index (χ0v) is 8.91. The summed E-state index contributed by atoms with van der Waals surface area (Å²) in [6.07, 6.45) is -5.05. The summed E-state index contributed by atoms with van der Waals surface area (Å²) in [5, 5.41) is 39.8. The molecule has 1 heterocycles. The first-order chi connectivity index (χ1) is 7.51. The second kappa shape index (κ2) is 5.55. The summed E-state index contributed by atoms with van der Waals surface area (Å²) in [7, 11) is 0. The molecule has 0 aliphatic carbocycles. The summed E-state index contributed by atoms with van der Waals surface area (Å²) >= 11 is 0. The number of aliphatic hydroxyl groups is 4. The van der Waals surface area contributed by atoms with Crippen LogP contribution in [0.1, 0.15) is 13.3 Å². The molecule has 1 rings (SSSR count). The lowest BCUT2D eigenvalue weighted by Crippen LogP contribution is -2.64. The molecule has 0 aromatic carbocycles. The highest BCUT2D eigenvalue weighted by Crippen LogP contribution is 2.19. The van der Waals surface area contributed by atoms with Crippen LogP contribution >= 0.6 is 0 Å². The van der Waals surface area contributed by atoms with E-state index in [9.17, 15) is 20.1 Å². The van der Waals surface area contributed by atoms with Crippen molar-refractivity contribution in [1.82, 2.24) is 5.32 Å². The Morgan fingerprint density at radius 1 is 1.31 bits per heavy atom. The Morgan fingerprint density at radius 2 is 1.94 bits per heavy atom. The van der Waals surface area contributed by atoms with Crippen molar-refractivity contribution < 1.29 is 30.0 Å². The number of amides is 1. The average molecular weight is 235 g/mol. The van der Waals surface area contributed by atoms with E-state index < -0.39 is 37.3 Å². The zero-order chi connectivity index (χ0) is 12.3. The van der Waals surface area contributed by atoms with Crippen molar-refractivity contribution in [3.8, 4) is 0 Å². The molecule has 1 aliphatic heterocycles. The molecular formula is C9H17NO6. The Bertz CT molecular complexity index is 248. The molecule has 1 amide bonds. The predicted molar refractivity (Wildman–Crippen MR) is 52.2 cm³/mol. The van der Waals surface area contributed by atoms with Gasteiger partial charge in [-0.05, 0) is 0 Å². The van der Waals surface area contributed by atoms with Gasteiger partial charge in [-0.3, -0.25) is 4.79 Å². The highest BCUT2D eigenvalue weighted by atomic mass is 16.6. The van der Waals surface area contributed by atoms with Crippen molar-refractivity contribution in [2.75, 3.05) is 6.61 Å². The number of aliphatic hydroxyl groups excluding tert-OH is 4. The molecule has 0 spiro atoms. The third-order valence-corrected chi connectivity index (χ3v) is 2.55. The van der Waals surface area contributed by atoms with Crippen molar-refractivity contribution in [2.24, 2.45) is 0 Å². The molecule has 5 atom stereocenters. The second-order valence-electron chi connectivity index (χ2n) is 3.68. The molecule has 7 heteroatoms. The maximum absolute atomic E-state index is 11.1. The predicted octanol–water partition coefficient (Wildman–Crippen LogP) is -2.69. The van der Waals surface area contributed by atoms with Gasteiger partial charge in [0.1, 0.15) is 24.4 Å². The number of ether oxygens (including phenoxy) is 1. The van der Waals surface area contributed by atoms with Crippen molar-refractivity contribution in [3.05, 3.63) is 0 Å². The van der Waals surface area contributed by atoms with Gasteiger partial charge < -0.3 is 30.5 Å². The van der Waals surface area contributed by atoms with Crippen molar-refractivity contribution in [2.45, 2.75) is 44.0 Å². The van der Waals surface area contributed by atoms with Crippen LogP contribution in [0, 0.1) is 0 Å². The topological polar surface area (TPSA) is 119 Å². The minimum atomic E-state index is -1.45. The fraction of sp³-hybridized carbons (Fsp3) is 0.889. The van der Waals surface area contributed by atoms with E-state index >= 15 is 0 Å². The lowest BCUT2D eigenvalue weighted by atomic mass is 9.97. The zero-order valence-electron chi connectivity index (χ0n) is 8.91. The minimum absolute atomic E-state index is 0.190. The molecule has 7 nitrogen and oxygen atoms in total. The number of hydrogen-bond acceptors (Lipinski definition) is 6. The quantitative estimate of drug-likeness (QED) is 0.363. The normalized spacial score (nSPS) is 39.4. The van der Waals surface area contributed by atoms with Gasteiger partial charge in [0.05, 0.1) is 6.61 Å². The molecule has 0 aromatic heterocycles. The van der Waals surface area contributed by atoms with Gasteiger partial charge in [0.15, 0.2) is 6.29 Å². The van der Waals surface area contributed by atoms with Crippen LogP contribution in [0.3, 0.4) is 0 Å². The van der Waals surface area contributed by atoms with Gasteiger partial charge in [-0.2, -0.15) is 0 Å². The Kier molecular flexibility index (Phi) is 4.63. The Labute approximate surface area is 92.7 Å². The smallest absolute Gasteiger partial charge is 0.220 e. The van der Waals surface area contributed by atoms with E-state index in [4.69, 9.17) is 9.84 Å². The van der Waals surface area contributed by atoms with E-state index in [-0.39, 0.29) is 12.3 Å². The number of carbonyl (C=O) groups excluding carboxylic acids is 1. The number of rotatable bonds is 3. The van der Waals surface area contributed by atoms with Gasteiger partial charge in [0, 0.05) is 6.42 Å². The molecule has 0 saturated carbocycles. The van der Waals surface area contributed by atoms with Gasteiger partial charge in [0.2, 0.25) is 5.91 Å². The van der Waals surface area contributed by atoms with Crippen LogP contribution in [0.5, 0.6) is 0 Å². The summed E-state index contributed by atoms with van der Waals surface area (Å²) in [5.74, 6) is -0.374. The maximum atomic E-state index is 11.1. The summed E-state index contributed by atoms with van der Waals surface area (Å²) in [6.45, 7) is 1.09. The Balaban J connectivity index is 2.67.